The Morgan fingerprint density at radius 1 is 0.328 bits per heavy atom. The molecule has 0 fully saturated rings. The minimum Gasteiger partial charge on any atom is -0.311 e. The van der Waals surface area contributed by atoms with Gasteiger partial charge in [0.05, 0.1) is 27.6 Å². The third-order valence-electron chi connectivity index (χ3n) is 12.8. The van der Waals surface area contributed by atoms with E-state index in [0.717, 1.165) is 39.3 Å². The number of thiophene rings is 1. The van der Waals surface area contributed by atoms with Crippen LogP contribution in [0.5, 0.6) is 0 Å². The Bertz CT molecular complexity index is 3770. The second-order valence-electron chi connectivity index (χ2n) is 16.3. The zero-order chi connectivity index (χ0) is 42.1. The minimum atomic E-state index is 1.01. The number of anilines is 3. The molecule has 13 rings (SSSR count). The van der Waals surface area contributed by atoms with Crippen LogP contribution in [-0.2, 0) is 0 Å². The van der Waals surface area contributed by atoms with E-state index in [9.17, 15) is 0 Å². The van der Waals surface area contributed by atoms with Gasteiger partial charge in [-0.05, 0) is 113 Å². The van der Waals surface area contributed by atoms with Crippen molar-refractivity contribution in [3.8, 4) is 33.6 Å². The van der Waals surface area contributed by atoms with E-state index in [0.29, 0.717) is 0 Å². The summed E-state index contributed by atoms with van der Waals surface area (Å²) in [6.07, 6.45) is 1.93. The molecule has 0 aliphatic carbocycles. The molecular weight excluding hydrogens is 797 g/mol. The number of hydrogen-bond donors (Lipinski definition) is 0. The van der Waals surface area contributed by atoms with Gasteiger partial charge >= 0.3 is 0 Å². The lowest BCUT2D eigenvalue weighted by atomic mass is 10.0. The SMILES string of the molecule is c1ccc(-c2ccc(N(c3ccc(-c4ccccc4)cc3)c3ccc(-n4c5cccnc5c5c6sc7c(ccc8c7c7ccccc7n8-c7ccccc7)c6ccc54)cc3)cc2)cc1. The van der Waals surface area contributed by atoms with Crippen LogP contribution in [0, 0.1) is 0 Å². The van der Waals surface area contributed by atoms with E-state index in [1.165, 1.54) is 75.3 Å². The molecule has 4 aromatic heterocycles. The molecule has 0 atom stereocenters. The number of hydrogen-bond acceptors (Lipinski definition) is 3. The fourth-order valence-corrected chi connectivity index (χ4v) is 11.3. The molecule has 4 heterocycles. The van der Waals surface area contributed by atoms with E-state index < -0.39 is 0 Å². The summed E-state index contributed by atoms with van der Waals surface area (Å²) in [4.78, 5) is 7.43. The monoisotopic (exact) mass is 834 g/mol. The molecule has 0 aliphatic rings. The summed E-state index contributed by atoms with van der Waals surface area (Å²) in [5, 5.41) is 6.30. The molecular formula is C59H38N4S. The summed E-state index contributed by atoms with van der Waals surface area (Å²) >= 11 is 1.89. The molecule has 0 unspecified atom stereocenters. The summed E-state index contributed by atoms with van der Waals surface area (Å²) in [5.74, 6) is 0. The third-order valence-corrected chi connectivity index (χ3v) is 14.0. The summed E-state index contributed by atoms with van der Waals surface area (Å²) in [5.41, 5.74) is 16.0. The van der Waals surface area contributed by atoms with Crippen LogP contribution >= 0.6 is 11.3 Å². The van der Waals surface area contributed by atoms with Crippen molar-refractivity contribution < 1.29 is 0 Å². The number of rotatable bonds is 7. The second-order valence-corrected chi connectivity index (χ2v) is 17.4. The van der Waals surface area contributed by atoms with Crippen molar-refractivity contribution in [3.63, 3.8) is 0 Å². The molecule has 5 heteroatoms. The smallest absolute Gasteiger partial charge is 0.0977 e. The number of benzene rings is 9. The van der Waals surface area contributed by atoms with Crippen molar-refractivity contribution >= 4 is 92.3 Å². The number of para-hydroxylation sites is 2. The summed E-state index contributed by atoms with van der Waals surface area (Å²) in [7, 11) is 0. The first-order chi connectivity index (χ1) is 31.8. The minimum absolute atomic E-state index is 1.01. The van der Waals surface area contributed by atoms with Gasteiger partial charge in [-0.25, -0.2) is 0 Å². The Balaban J connectivity index is 0.956. The fraction of sp³-hybridized carbons (Fsp3) is 0. The van der Waals surface area contributed by atoms with Gasteiger partial charge in [0.25, 0.3) is 0 Å². The normalized spacial score (nSPS) is 11.8. The van der Waals surface area contributed by atoms with Gasteiger partial charge in [-0.3, -0.25) is 4.98 Å². The highest BCUT2D eigenvalue weighted by Crippen LogP contribution is 2.47. The summed E-state index contributed by atoms with van der Waals surface area (Å²) in [6, 6.07) is 80.9. The van der Waals surface area contributed by atoms with Crippen LogP contribution in [0.2, 0.25) is 0 Å². The van der Waals surface area contributed by atoms with Gasteiger partial charge in [-0.15, -0.1) is 11.3 Å². The van der Waals surface area contributed by atoms with Crippen molar-refractivity contribution in [2.24, 2.45) is 0 Å². The Morgan fingerprint density at radius 3 is 1.39 bits per heavy atom. The molecule has 0 N–H and O–H groups in total. The van der Waals surface area contributed by atoms with Gasteiger partial charge in [-0.2, -0.15) is 0 Å². The predicted octanol–water partition coefficient (Wildman–Crippen LogP) is 16.4. The van der Waals surface area contributed by atoms with Crippen LogP contribution in [0.1, 0.15) is 0 Å². The Hall–Kier alpha value is -8.25. The van der Waals surface area contributed by atoms with Crippen molar-refractivity contribution in [2.45, 2.75) is 0 Å². The summed E-state index contributed by atoms with van der Waals surface area (Å²) < 4.78 is 7.36. The molecule has 300 valence electrons. The van der Waals surface area contributed by atoms with Gasteiger partial charge in [0.1, 0.15) is 0 Å². The standard InChI is InChI=1S/C59H38N4S/c1-4-13-39(14-5-1)41-22-26-44(27-23-41)61(45-28-24-42(25-29-45)40-15-6-2-7-16-40)46-30-32-47(33-31-46)63-53-37-35-49-48-34-36-52-55(58(48)64-59(49)56(53)57-54(63)21-12-38-60-57)50-19-10-11-20-51(50)62(52)43-17-8-3-9-18-43/h1-38H. The molecule has 4 nitrogen and oxygen atoms in total. The Morgan fingerprint density at radius 2 is 0.781 bits per heavy atom. The number of fused-ring (bicyclic) bond motifs is 11. The zero-order valence-corrected chi connectivity index (χ0v) is 35.5. The molecule has 0 saturated heterocycles. The van der Waals surface area contributed by atoms with Crippen LogP contribution in [0.25, 0.3) is 97.5 Å². The van der Waals surface area contributed by atoms with Crippen LogP contribution < -0.4 is 4.90 Å². The largest absolute Gasteiger partial charge is 0.311 e. The average Bonchev–Trinajstić information content (AvgIpc) is 4.03. The van der Waals surface area contributed by atoms with E-state index >= 15 is 0 Å². The topological polar surface area (TPSA) is 26.0 Å². The molecule has 0 radical (unpaired) electrons. The first kappa shape index (κ1) is 36.4. The van der Waals surface area contributed by atoms with Gasteiger partial charge in [-0.1, -0.05) is 133 Å². The lowest BCUT2D eigenvalue weighted by Crippen LogP contribution is -2.10. The van der Waals surface area contributed by atoms with E-state index in [1.54, 1.807) is 0 Å². The maximum atomic E-state index is 5.09. The number of aromatic nitrogens is 3. The molecule has 0 spiro atoms. The third kappa shape index (κ3) is 5.72. The van der Waals surface area contributed by atoms with Crippen molar-refractivity contribution in [1.82, 2.24) is 14.1 Å². The van der Waals surface area contributed by atoms with Crippen LogP contribution in [-0.4, -0.2) is 14.1 Å². The highest BCUT2D eigenvalue weighted by Gasteiger charge is 2.22. The highest BCUT2D eigenvalue weighted by atomic mass is 32.1. The van der Waals surface area contributed by atoms with Crippen LogP contribution in [0.15, 0.2) is 231 Å². The molecule has 64 heavy (non-hydrogen) atoms. The van der Waals surface area contributed by atoms with E-state index in [4.69, 9.17) is 4.98 Å². The molecule has 13 aromatic rings. The maximum absolute atomic E-state index is 5.09. The lowest BCUT2D eigenvalue weighted by molar-refractivity contribution is 1.17. The fourth-order valence-electron chi connectivity index (χ4n) is 9.85. The summed E-state index contributed by atoms with van der Waals surface area (Å²) in [6.45, 7) is 0. The van der Waals surface area contributed by atoms with E-state index in [-0.39, 0.29) is 0 Å². The van der Waals surface area contributed by atoms with Crippen LogP contribution in [0.4, 0.5) is 17.1 Å². The van der Waals surface area contributed by atoms with Crippen molar-refractivity contribution in [2.75, 3.05) is 4.90 Å². The van der Waals surface area contributed by atoms with E-state index in [1.807, 2.05) is 17.5 Å². The molecule has 0 amide bonds. The zero-order valence-electron chi connectivity index (χ0n) is 34.6. The molecule has 0 bridgehead atoms. The first-order valence-electron chi connectivity index (χ1n) is 21.7. The van der Waals surface area contributed by atoms with Crippen molar-refractivity contribution in [1.29, 1.82) is 0 Å². The van der Waals surface area contributed by atoms with Gasteiger partial charge < -0.3 is 14.0 Å². The van der Waals surface area contributed by atoms with Gasteiger partial charge in [0.2, 0.25) is 0 Å². The quantitative estimate of drug-likeness (QED) is 0.160. The maximum Gasteiger partial charge on any atom is 0.0977 e. The second kappa shape index (κ2) is 14.7. The van der Waals surface area contributed by atoms with Gasteiger partial charge in [0.15, 0.2) is 0 Å². The molecule has 0 saturated carbocycles. The van der Waals surface area contributed by atoms with Crippen molar-refractivity contribution in [3.05, 3.63) is 231 Å². The number of nitrogens with zero attached hydrogens (tertiary/aromatic N) is 4. The van der Waals surface area contributed by atoms with Gasteiger partial charge in [0, 0.05) is 71.0 Å². The molecule has 9 aromatic carbocycles. The Labute approximate surface area is 373 Å². The predicted molar refractivity (Wildman–Crippen MR) is 271 cm³/mol. The lowest BCUT2D eigenvalue weighted by Gasteiger charge is -2.26. The first-order valence-corrected chi connectivity index (χ1v) is 22.5. The average molecular weight is 835 g/mol. The Kier molecular flexibility index (Phi) is 8.36. The number of pyridine rings is 1. The molecule has 0 aliphatic heterocycles. The van der Waals surface area contributed by atoms with Crippen LogP contribution in [0.3, 0.4) is 0 Å². The highest BCUT2D eigenvalue weighted by molar-refractivity contribution is 7.27. The van der Waals surface area contributed by atoms with E-state index in [2.05, 4.69) is 238 Å².